The molecule has 10 heteroatoms. The molecule has 148 valence electrons. The number of rotatable bonds is 7. The molecule has 1 saturated heterocycles. The summed E-state index contributed by atoms with van der Waals surface area (Å²) in [4.78, 5) is 37.4. The van der Waals surface area contributed by atoms with Crippen LogP contribution in [-0.4, -0.2) is 55.2 Å². The van der Waals surface area contributed by atoms with Gasteiger partial charge in [-0.2, -0.15) is 0 Å². The highest BCUT2D eigenvalue weighted by molar-refractivity contribution is 9.10. The van der Waals surface area contributed by atoms with Gasteiger partial charge in [0.25, 0.3) is 11.8 Å². The van der Waals surface area contributed by atoms with E-state index in [2.05, 4.69) is 32.6 Å². The second-order valence-corrected chi connectivity index (χ2v) is 6.66. The van der Waals surface area contributed by atoms with Crippen LogP contribution >= 0.6 is 28.1 Å². The summed E-state index contributed by atoms with van der Waals surface area (Å²) in [6, 6.07) is 3.18. The zero-order valence-electron chi connectivity index (χ0n) is 15.1. The summed E-state index contributed by atoms with van der Waals surface area (Å²) >= 11 is 8.35. The van der Waals surface area contributed by atoms with E-state index < -0.39 is 17.8 Å². The summed E-state index contributed by atoms with van der Waals surface area (Å²) in [5, 5.41) is 2.50. The van der Waals surface area contributed by atoms with E-state index in [0.717, 1.165) is 0 Å². The first-order valence-electron chi connectivity index (χ1n) is 7.89. The van der Waals surface area contributed by atoms with Crippen LogP contribution < -0.4 is 14.8 Å². The fourth-order valence-electron chi connectivity index (χ4n) is 2.31. The van der Waals surface area contributed by atoms with Crippen LogP contribution in [0.25, 0.3) is 6.08 Å². The molecule has 1 fully saturated rings. The molecule has 1 aliphatic rings. The lowest BCUT2D eigenvalue weighted by atomic mass is 10.1. The van der Waals surface area contributed by atoms with Crippen LogP contribution in [0.1, 0.15) is 5.56 Å². The Labute approximate surface area is 175 Å². The van der Waals surface area contributed by atoms with Gasteiger partial charge >= 0.3 is 5.97 Å². The maximum Gasteiger partial charge on any atom is 0.343 e. The number of benzene rings is 1. The van der Waals surface area contributed by atoms with E-state index in [9.17, 15) is 14.4 Å². The standard InChI is InChI=1S/C18H17BrN2O6S/c1-4-5-21-17(24)11(16(23)20-18(21)28)6-10-7-12(19)15(13(8-10)25-2)27-9-14(22)26-3/h4,6-8H,1,5,9H2,2-3H3,(H,20,23,28)/b11-6+. The van der Waals surface area contributed by atoms with Crippen molar-refractivity contribution in [3.63, 3.8) is 0 Å². The molecule has 1 aliphatic heterocycles. The van der Waals surface area contributed by atoms with Crippen LogP contribution in [0.15, 0.2) is 34.8 Å². The molecule has 2 amide bonds. The summed E-state index contributed by atoms with van der Waals surface area (Å²) in [6.07, 6.45) is 2.92. The first-order chi connectivity index (χ1) is 13.3. The van der Waals surface area contributed by atoms with Crippen molar-refractivity contribution in [1.29, 1.82) is 0 Å². The SMILES string of the molecule is C=CCN1C(=O)/C(=C/c2cc(Br)c(OCC(=O)OC)c(OC)c2)C(=O)NC1=S. The number of halogens is 1. The lowest BCUT2D eigenvalue weighted by Crippen LogP contribution is -2.53. The van der Waals surface area contributed by atoms with Gasteiger partial charge in [-0.25, -0.2) is 4.79 Å². The molecule has 1 N–H and O–H groups in total. The first kappa shape index (κ1) is 21.6. The Morgan fingerprint density at radius 3 is 2.68 bits per heavy atom. The van der Waals surface area contributed by atoms with E-state index in [0.29, 0.717) is 15.8 Å². The zero-order valence-corrected chi connectivity index (χ0v) is 17.5. The minimum Gasteiger partial charge on any atom is -0.493 e. The number of nitrogens with one attached hydrogen (secondary N) is 1. The molecular formula is C18H17BrN2O6S. The number of amides is 2. The third kappa shape index (κ3) is 4.76. The van der Waals surface area contributed by atoms with Gasteiger partial charge in [0.2, 0.25) is 0 Å². The van der Waals surface area contributed by atoms with Crippen molar-refractivity contribution >= 4 is 57.1 Å². The molecule has 28 heavy (non-hydrogen) atoms. The molecule has 0 bridgehead atoms. The highest BCUT2D eigenvalue weighted by atomic mass is 79.9. The third-order valence-corrected chi connectivity index (χ3v) is 4.53. The molecule has 1 aromatic carbocycles. The van der Waals surface area contributed by atoms with Gasteiger partial charge in [-0.15, -0.1) is 6.58 Å². The lowest BCUT2D eigenvalue weighted by Gasteiger charge is -2.27. The van der Waals surface area contributed by atoms with Gasteiger partial charge in [-0.3, -0.25) is 19.8 Å². The lowest BCUT2D eigenvalue weighted by molar-refractivity contribution is -0.143. The predicted molar refractivity (Wildman–Crippen MR) is 109 cm³/mol. The van der Waals surface area contributed by atoms with Crippen molar-refractivity contribution < 1.29 is 28.6 Å². The smallest absolute Gasteiger partial charge is 0.343 e. The zero-order chi connectivity index (χ0) is 20.8. The Balaban J connectivity index is 2.39. The Kier molecular flexibility index (Phi) is 7.30. The van der Waals surface area contributed by atoms with E-state index in [1.54, 1.807) is 12.1 Å². The van der Waals surface area contributed by atoms with Gasteiger partial charge in [0, 0.05) is 6.54 Å². The van der Waals surface area contributed by atoms with Gasteiger partial charge in [0.15, 0.2) is 23.2 Å². The monoisotopic (exact) mass is 468 g/mol. The van der Waals surface area contributed by atoms with Crippen molar-refractivity contribution in [2.24, 2.45) is 0 Å². The van der Waals surface area contributed by atoms with Gasteiger partial charge in [-0.1, -0.05) is 6.08 Å². The van der Waals surface area contributed by atoms with Crippen LogP contribution in [0.4, 0.5) is 0 Å². The number of carbonyl (C=O) groups excluding carboxylic acids is 3. The minimum absolute atomic E-state index is 0.0253. The number of thiocarbonyl (C=S) groups is 1. The molecule has 2 rings (SSSR count). The van der Waals surface area contributed by atoms with Crippen LogP contribution in [0, 0.1) is 0 Å². The fraction of sp³-hybridized carbons (Fsp3) is 0.222. The second-order valence-electron chi connectivity index (χ2n) is 5.42. The van der Waals surface area contributed by atoms with Crippen LogP contribution in [-0.2, 0) is 19.1 Å². The molecule has 0 aliphatic carbocycles. The summed E-state index contributed by atoms with van der Waals surface area (Å²) in [7, 11) is 2.67. The molecule has 0 atom stereocenters. The molecule has 0 unspecified atom stereocenters. The van der Waals surface area contributed by atoms with E-state index in [1.165, 1.54) is 31.3 Å². The predicted octanol–water partition coefficient (Wildman–Crippen LogP) is 1.82. The Hall–Kier alpha value is -2.72. The highest BCUT2D eigenvalue weighted by Crippen LogP contribution is 2.37. The topological polar surface area (TPSA) is 94.2 Å². The Bertz CT molecular complexity index is 883. The quantitative estimate of drug-likeness (QED) is 0.214. The number of hydrogen-bond acceptors (Lipinski definition) is 7. The molecule has 0 saturated carbocycles. The Morgan fingerprint density at radius 2 is 2.07 bits per heavy atom. The second kappa shape index (κ2) is 9.47. The minimum atomic E-state index is -0.601. The van der Waals surface area contributed by atoms with Crippen LogP contribution in [0.3, 0.4) is 0 Å². The van der Waals surface area contributed by atoms with E-state index >= 15 is 0 Å². The maximum atomic E-state index is 12.6. The molecule has 8 nitrogen and oxygen atoms in total. The first-order valence-corrected chi connectivity index (χ1v) is 9.09. The number of methoxy groups -OCH3 is 2. The van der Waals surface area contributed by atoms with Crippen LogP contribution in [0.2, 0.25) is 0 Å². The van der Waals surface area contributed by atoms with E-state index in [1.807, 2.05) is 0 Å². The molecule has 0 aromatic heterocycles. The van der Waals surface area contributed by atoms with Gasteiger partial charge in [-0.05, 0) is 51.9 Å². The van der Waals surface area contributed by atoms with Crippen molar-refractivity contribution in [2.75, 3.05) is 27.4 Å². The summed E-state index contributed by atoms with van der Waals surface area (Å²) < 4.78 is 15.7. The largest absolute Gasteiger partial charge is 0.493 e. The van der Waals surface area contributed by atoms with Gasteiger partial charge < -0.3 is 14.2 Å². The molecule has 1 heterocycles. The summed E-state index contributed by atoms with van der Waals surface area (Å²) in [5.41, 5.74) is 0.409. The molecule has 0 radical (unpaired) electrons. The van der Waals surface area contributed by atoms with Gasteiger partial charge in [0.1, 0.15) is 5.57 Å². The average molecular weight is 469 g/mol. The summed E-state index contributed by atoms with van der Waals surface area (Å²) in [6.45, 7) is 3.44. The molecule has 0 spiro atoms. The average Bonchev–Trinajstić information content (AvgIpc) is 2.66. The van der Waals surface area contributed by atoms with Crippen molar-refractivity contribution in [3.8, 4) is 11.5 Å². The van der Waals surface area contributed by atoms with Crippen molar-refractivity contribution in [1.82, 2.24) is 10.2 Å². The molecular weight excluding hydrogens is 452 g/mol. The third-order valence-electron chi connectivity index (χ3n) is 3.62. The number of nitrogens with zero attached hydrogens (tertiary/aromatic N) is 1. The normalized spacial score (nSPS) is 15.3. The molecule has 1 aromatic rings. The number of esters is 1. The fourth-order valence-corrected chi connectivity index (χ4v) is 3.13. The van der Waals surface area contributed by atoms with Gasteiger partial charge in [0.05, 0.1) is 18.7 Å². The summed E-state index contributed by atoms with van der Waals surface area (Å²) in [5.74, 6) is -1.11. The number of ether oxygens (including phenoxy) is 3. The highest BCUT2D eigenvalue weighted by Gasteiger charge is 2.32. The van der Waals surface area contributed by atoms with Crippen LogP contribution in [0.5, 0.6) is 11.5 Å². The Morgan fingerprint density at radius 1 is 1.36 bits per heavy atom. The van der Waals surface area contributed by atoms with E-state index in [4.69, 9.17) is 21.7 Å². The number of carbonyl (C=O) groups is 3. The van der Waals surface area contributed by atoms with E-state index in [-0.39, 0.29) is 29.6 Å². The van der Waals surface area contributed by atoms with Crippen molar-refractivity contribution in [3.05, 3.63) is 40.4 Å². The van der Waals surface area contributed by atoms with Crippen molar-refractivity contribution in [2.45, 2.75) is 0 Å². The number of hydrogen-bond donors (Lipinski definition) is 1. The maximum absolute atomic E-state index is 12.6.